The molecule has 0 aliphatic heterocycles. The first kappa shape index (κ1) is 23.5. The first-order chi connectivity index (χ1) is 15.6. The average molecular weight is 551 g/mol. The van der Waals surface area contributed by atoms with Crippen LogP contribution in [0, 0.1) is 27.7 Å². The van der Waals surface area contributed by atoms with Crippen LogP contribution in [0.3, 0.4) is 0 Å². The van der Waals surface area contributed by atoms with Gasteiger partial charge in [-0.25, -0.2) is 4.68 Å². The third-order valence-electron chi connectivity index (χ3n) is 5.38. The van der Waals surface area contributed by atoms with Crippen LogP contribution in [0.2, 0.25) is 10.0 Å². The molecule has 0 saturated carbocycles. The fourth-order valence-electron chi connectivity index (χ4n) is 3.53. The largest absolute Gasteiger partial charge is 0.317 e. The van der Waals surface area contributed by atoms with Crippen LogP contribution < -0.4 is 5.32 Å². The first-order valence-electron chi connectivity index (χ1n) is 10.2. The van der Waals surface area contributed by atoms with E-state index < -0.39 is 0 Å². The minimum absolute atomic E-state index is 0.302. The maximum absolute atomic E-state index is 12.9. The number of halogens is 3. The van der Waals surface area contributed by atoms with Crippen molar-refractivity contribution in [3.8, 4) is 0 Å². The van der Waals surface area contributed by atoms with Crippen molar-refractivity contribution < 1.29 is 4.79 Å². The fourth-order valence-corrected chi connectivity index (χ4v) is 4.14. The highest BCUT2D eigenvalue weighted by molar-refractivity contribution is 9.10. The van der Waals surface area contributed by atoms with Crippen LogP contribution in [0.4, 0.5) is 5.69 Å². The van der Waals surface area contributed by atoms with Gasteiger partial charge in [0, 0.05) is 6.20 Å². The van der Waals surface area contributed by atoms with Crippen LogP contribution in [0.15, 0.2) is 34.9 Å². The molecule has 0 aliphatic rings. The molecule has 172 valence electrons. The maximum atomic E-state index is 12.9. The van der Waals surface area contributed by atoms with Crippen LogP contribution in [-0.2, 0) is 13.2 Å². The number of benzene rings is 1. The minimum Gasteiger partial charge on any atom is -0.317 e. The van der Waals surface area contributed by atoms with E-state index in [0.29, 0.717) is 40.3 Å². The van der Waals surface area contributed by atoms with Crippen molar-refractivity contribution in [2.24, 2.45) is 0 Å². The Morgan fingerprint density at radius 3 is 2.36 bits per heavy atom. The second kappa shape index (κ2) is 9.32. The number of carbonyl (C=O) groups is 1. The number of hydrogen-bond acceptors (Lipinski definition) is 4. The average Bonchev–Trinajstić information content (AvgIpc) is 3.41. The molecular formula is C22H22BrCl2N7O. The minimum atomic E-state index is -0.302. The van der Waals surface area contributed by atoms with E-state index in [9.17, 15) is 4.79 Å². The molecule has 4 rings (SSSR count). The third kappa shape index (κ3) is 4.85. The van der Waals surface area contributed by atoms with Gasteiger partial charge in [0.1, 0.15) is 6.67 Å². The van der Waals surface area contributed by atoms with Gasteiger partial charge in [-0.1, -0.05) is 29.3 Å². The quantitative estimate of drug-likeness (QED) is 0.349. The van der Waals surface area contributed by atoms with E-state index in [1.165, 1.54) is 0 Å². The number of nitrogens with zero attached hydrogens (tertiary/aromatic N) is 6. The molecule has 3 heterocycles. The van der Waals surface area contributed by atoms with Crippen molar-refractivity contribution in [3.63, 3.8) is 0 Å². The van der Waals surface area contributed by atoms with E-state index in [1.807, 2.05) is 49.2 Å². The molecule has 3 aromatic heterocycles. The van der Waals surface area contributed by atoms with E-state index in [0.717, 1.165) is 27.1 Å². The molecule has 0 spiro atoms. The lowest BCUT2D eigenvalue weighted by atomic mass is 10.2. The zero-order chi connectivity index (χ0) is 23.9. The molecule has 0 saturated heterocycles. The van der Waals surface area contributed by atoms with Gasteiger partial charge in [0.15, 0.2) is 5.69 Å². The van der Waals surface area contributed by atoms with Crippen molar-refractivity contribution in [1.29, 1.82) is 0 Å². The van der Waals surface area contributed by atoms with Crippen LogP contribution in [0.1, 0.15) is 38.8 Å². The summed E-state index contributed by atoms with van der Waals surface area (Å²) in [7, 11) is 0. The number of hydrogen-bond donors (Lipinski definition) is 1. The zero-order valence-corrected chi connectivity index (χ0v) is 21.6. The Morgan fingerprint density at radius 1 is 0.970 bits per heavy atom. The Bertz CT molecular complexity index is 1360. The number of aryl methyl sites for hydroxylation is 2. The number of anilines is 1. The van der Waals surface area contributed by atoms with E-state index in [1.54, 1.807) is 23.0 Å². The van der Waals surface area contributed by atoms with Crippen molar-refractivity contribution >= 4 is 50.7 Å². The first-order valence-corrected chi connectivity index (χ1v) is 11.7. The second-order valence-corrected chi connectivity index (χ2v) is 9.38. The predicted octanol–water partition coefficient (Wildman–Crippen LogP) is 5.39. The zero-order valence-electron chi connectivity index (χ0n) is 18.5. The SMILES string of the molecule is Cc1nn(Cn2ccc(C(=O)Nc3c(C)nn(Cc4ccc(Cl)c(Cl)c4)c3C)n2)c(C)c1Br. The highest BCUT2D eigenvalue weighted by Crippen LogP contribution is 2.25. The Kier molecular flexibility index (Phi) is 6.65. The Balaban J connectivity index is 1.48. The molecule has 0 unspecified atom stereocenters. The Labute approximate surface area is 209 Å². The van der Waals surface area contributed by atoms with Gasteiger partial charge in [0.25, 0.3) is 5.91 Å². The van der Waals surface area contributed by atoms with Gasteiger partial charge in [-0.3, -0.25) is 14.2 Å². The molecule has 8 nitrogen and oxygen atoms in total. The second-order valence-electron chi connectivity index (χ2n) is 7.77. The molecule has 4 aromatic rings. The smallest absolute Gasteiger partial charge is 0.276 e. The summed E-state index contributed by atoms with van der Waals surface area (Å²) < 4.78 is 6.30. The van der Waals surface area contributed by atoms with E-state index in [2.05, 4.69) is 36.5 Å². The van der Waals surface area contributed by atoms with Crippen molar-refractivity contribution in [2.75, 3.05) is 5.32 Å². The van der Waals surface area contributed by atoms with Gasteiger partial charge < -0.3 is 5.32 Å². The van der Waals surface area contributed by atoms with Crippen LogP contribution in [0.25, 0.3) is 0 Å². The third-order valence-corrected chi connectivity index (χ3v) is 7.27. The lowest BCUT2D eigenvalue weighted by Crippen LogP contribution is -2.16. The Hall–Kier alpha value is -2.62. The van der Waals surface area contributed by atoms with Crippen LogP contribution in [0.5, 0.6) is 0 Å². The fraction of sp³-hybridized carbons (Fsp3) is 0.273. The number of carbonyl (C=O) groups excluding carboxylic acids is 1. The molecule has 0 radical (unpaired) electrons. The summed E-state index contributed by atoms with van der Waals surface area (Å²) in [5.41, 5.74) is 5.38. The van der Waals surface area contributed by atoms with Crippen molar-refractivity contribution in [1.82, 2.24) is 29.3 Å². The molecule has 1 aromatic carbocycles. The van der Waals surface area contributed by atoms with E-state index in [4.69, 9.17) is 23.2 Å². The van der Waals surface area contributed by atoms with Gasteiger partial charge in [-0.2, -0.15) is 15.3 Å². The summed E-state index contributed by atoms with van der Waals surface area (Å²) in [6.07, 6.45) is 1.76. The maximum Gasteiger partial charge on any atom is 0.276 e. The topological polar surface area (TPSA) is 82.6 Å². The predicted molar refractivity (Wildman–Crippen MR) is 132 cm³/mol. The van der Waals surface area contributed by atoms with Crippen molar-refractivity contribution in [2.45, 2.75) is 40.9 Å². The monoisotopic (exact) mass is 549 g/mol. The standard InChI is InChI=1S/C22H22BrCl2N7O/c1-12-20(23)14(3)32(27-12)11-30-8-7-19(29-30)22(33)26-21-13(2)28-31(15(21)4)10-16-5-6-17(24)18(25)9-16/h5-9H,10-11H2,1-4H3,(H,26,33). The number of amides is 1. The molecule has 33 heavy (non-hydrogen) atoms. The molecule has 0 fully saturated rings. The van der Waals surface area contributed by atoms with Crippen LogP contribution in [-0.4, -0.2) is 35.2 Å². The molecule has 0 aliphatic carbocycles. The molecule has 1 N–H and O–H groups in total. The summed E-state index contributed by atoms with van der Waals surface area (Å²) >= 11 is 15.7. The molecule has 1 amide bonds. The van der Waals surface area contributed by atoms with Gasteiger partial charge in [0.05, 0.1) is 49.5 Å². The molecular weight excluding hydrogens is 529 g/mol. The van der Waals surface area contributed by atoms with E-state index >= 15 is 0 Å². The van der Waals surface area contributed by atoms with Gasteiger partial charge in [0.2, 0.25) is 0 Å². The lowest BCUT2D eigenvalue weighted by Gasteiger charge is -2.08. The normalized spacial score (nSPS) is 11.2. The molecule has 0 atom stereocenters. The van der Waals surface area contributed by atoms with Crippen LogP contribution >= 0.6 is 39.1 Å². The lowest BCUT2D eigenvalue weighted by molar-refractivity contribution is 0.102. The van der Waals surface area contributed by atoms with Gasteiger partial charge >= 0.3 is 0 Å². The molecule has 0 bridgehead atoms. The summed E-state index contributed by atoms with van der Waals surface area (Å²) in [5, 5.41) is 17.4. The number of aromatic nitrogens is 6. The van der Waals surface area contributed by atoms with Gasteiger partial charge in [-0.15, -0.1) is 0 Å². The highest BCUT2D eigenvalue weighted by Gasteiger charge is 2.18. The summed E-state index contributed by atoms with van der Waals surface area (Å²) in [6.45, 7) is 8.58. The van der Waals surface area contributed by atoms with E-state index in [-0.39, 0.29) is 5.91 Å². The summed E-state index contributed by atoms with van der Waals surface area (Å²) in [5.74, 6) is -0.302. The number of nitrogens with one attached hydrogen (secondary N) is 1. The Morgan fingerprint density at radius 2 is 1.70 bits per heavy atom. The highest BCUT2D eigenvalue weighted by atomic mass is 79.9. The molecule has 11 heteroatoms. The van der Waals surface area contributed by atoms with Crippen molar-refractivity contribution in [3.05, 3.63) is 79.0 Å². The number of rotatable bonds is 6. The van der Waals surface area contributed by atoms with Gasteiger partial charge in [-0.05, 0) is 67.4 Å². The summed E-state index contributed by atoms with van der Waals surface area (Å²) in [6, 6.07) is 7.15. The summed E-state index contributed by atoms with van der Waals surface area (Å²) in [4.78, 5) is 12.9.